The third kappa shape index (κ3) is 3.66. The van der Waals surface area contributed by atoms with Gasteiger partial charge in [0.25, 0.3) is 0 Å². The van der Waals surface area contributed by atoms with E-state index in [0.717, 1.165) is 5.56 Å². The van der Waals surface area contributed by atoms with E-state index in [4.69, 9.17) is 4.52 Å². The van der Waals surface area contributed by atoms with Gasteiger partial charge in [-0.05, 0) is 40.5 Å². The SMILES string of the molecule is Cc1cc(CN(C)C(=O)Cc2ccc(F)c(Br)c2)no1. The molecule has 0 saturated heterocycles. The molecule has 1 amide bonds. The summed E-state index contributed by atoms with van der Waals surface area (Å²) in [7, 11) is 1.70. The highest BCUT2D eigenvalue weighted by atomic mass is 79.9. The summed E-state index contributed by atoms with van der Waals surface area (Å²) in [5.41, 5.74) is 1.46. The Hall–Kier alpha value is -1.69. The highest BCUT2D eigenvalue weighted by Crippen LogP contribution is 2.17. The predicted molar refractivity (Wildman–Crippen MR) is 75.5 cm³/mol. The van der Waals surface area contributed by atoms with E-state index in [0.29, 0.717) is 22.5 Å². The number of aromatic nitrogens is 1. The number of likely N-dealkylation sites (N-methyl/N-ethyl adjacent to an activating group) is 1. The molecule has 1 aromatic heterocycles. The number of carbonyl (C=O) groups excluding carboxylic acids is 1. The van der Waals surface area contributed by atoms with E-state index >= 15 is 0 Å². The summed E-state index contributed by atoms with van der Waals surface area (Å²) in [6, 6.07) is 6.35. The first-order valence-corrected chi connectivity index (χ1v) is 6.85. The van der Waals surface area contributed by atoms with Gasteiger partial charge in [-0.3, -0.25) is 4.79 Å². The second kappa shape index (κ2) is 6.17. The molecule has 0 aliphatic carbocycles. The van der Waals surface area contributed by atoms with Crippen molar-refractivity contribution in [1.82, 2.24) is 10.1 Å². The highest BCUT2D eigenvalue weighted by Gasteiger charge is 2.13. The average Bonchev–Trinajstić information content (AvgIpc) is 2.79. The van der Waals surface area contributed by atoms with Gasteiger partial charge in [-0.2, -0.15) is 0 Å². The van der Waals surface area contributed by atoms with E-state index in [1.54, 1.807) is 37.1 Å². The number of aryl methyl sites for hydroxylation is 1. The Balaban J connectivity index is 1.98. The van der Waals surface area contributed by atoms with E-state index in [-0.39, 0.29) is 18.1 Å². The standard InChI is InChI=1S/C14H14BrFN2O2/c1-9-5-11(17-20-9)8-18(2)14(19)7-10-3-4-13(16)12(15)6-10/h3-6H,7-8H2,1-2H3. The summed E-state index contributed by atoms with van der Waals surface area (Å²) in [4.78, 5) is 13.6. The number of nitrogens with zero attached hydrogens (tertiary/aromatic N) is 2. The molecule has 106 valence electrons. The summed E-state index contributed by atoms with van der Waals surface area (Å²) in [5, 5.41) is 3.84. The molecular weight excluding hydrogens is 327 g/mol. The highest BCUT2D eigenvalue weighted by molar-refractivity contribution is 9.10. The minimum absolute atomic E-state index is 0.0656. The van der Waals surface area contributed by atoms with E-state index in [1.165, 1.54) is 6.07 Å². The lowest BCUT2D eigenvalue weighted by Gasteiger charge is -2.15. The first-order valence-electron chi connectivity index (χ1n) is 6.06. The van der Waals surface area contributed by atoms with Crippen LogP contribution in [0.4, 0.5) is 4.39 Å². The first kappa shape index (κ1) is 14.7. The van der Waals surface area contributed by atoms with Gasteiger partial charge in [-0.15, -0.1) is 0 Å². The molecule has 2 rings (SSSR count). The number of rotatable bonds is 4. The van der Waals surface area contributed by atoms with Gasteiger partial charge in [0, 0.05) is 13.1 Å². The topological polar surface area (TPSA) is 46.3 Å². The number of hydrogen-bond donors (Lipinski definition) is 0. The fourth-order valence-corrected chi connectivity index (χ4v) is 2.21. The number of benzene rings is 1. The van der Waals surface area contributed by atoms with Crippen molar-refractivity contribution in [2.75, 3.05) is 7.05 Å². The van der Waals surface area contributed by atoms with Gasteiger partial charge >= 0.3 is 0 Å². The molecule has 1 heterocycles. The summed E-state index contributed by atoms with van der Waals surface area (Å²) >= 11 is 3.11. The van der Waals surface area contributed by atoms with E-state index < -0.39 is 0 Å². The lowest BCUT2D eigenvalue weighted by atomic mass is 10.1. The maximum Gasteiger partial charge on any atom is 0.227 e. The largest absolute Gasteiger partial charge is 0.361 e. The Morgan fingerprint density at radius 1 is 1.45 bits per heavy atom. The quantitative estimate of drug-likeness (QED) is 0.859. The summed E-state index contributed by atoms with van der Waals surface area (Å²) in [6.45, 7) is 2.19. The lowest BCUT2D eigenvalue weighted by molar-refractivity contribution is -0.129. The van der Waals surface area contributed by atoms with Crippen LogP contribution in [0.15, 0.2) is 33.3 Å². The van der Waals surface area contributed by atoms with Crippen LogP contribution in [0.1, 0.15) is 17.0 Å². The van der Waals surface area contributed by atoms with Gasteiger partial charge in [-0.1, -0.05) is 11.2 Å². The van der Waals surface area contributed by atoms with Crippen LogP contribution in [-0.2, 0) is 17.8 Å². The molecule has 20 heavy (non-hydrogen) atoms. The van der Waals surface area contributed by atoms with E-state index in [9.17, 15) is 9.18 Å². The van der Waals surface area contributed by atoms with Crippen molar-refractivity contribution in [3.63, 3.8) is 0 Å². The van der Waals surface area contributed by atoms with Crippen LogP contribution in [0.2, 0.25) is 0 Å². The number of amides is 1. The molecule has 0 unspecified atom stereocenters. The molecule has 0 aliphatic heterocycles. The van der Waals surface area contributed by atoms with E-state index in [2.05, 4.69) is 21.1 Å². The van der Waals surface area contributed by atoms with Gasteiger partial charge in [0.2, 0.25) is 5.91 Å². The van der Waals surface area contributed by atoms with Crippen LogP contribution in [0.5, 0.6) is 0 Å². The van der Waals surface area contributed by atoms with Crippen molar-refractivity contribution in [1.29, 1.82) is 0 Å². The van der Waals surface area contributed by atoms with Gasteiger partial charge < -0.3 is 9.42 Å². The maximum atomic E-state index is 13.1. The van der Waals surface area contributed by atoms with Crippen LogP contribution in [0, 0.1) is 12.7 Å². The molecule has 0 N–H and O–H groups in total. The zero-order valence-corrected chi connectivity index (χ0v) is 12.8. The molecule has 0 atom stereocenters. The zero-order chi connectivity index (χ0) is 14.7. The number of carbonyl (C=O) groups is 1. The Labute approximate surface area is 124 Å². The predicted octanol–water partition coefficient (Wildman–Crippen LogP) is 3.09. The Morgan fingerprint density at radius 3 is 2.80 bits per heavy atom. The number of hydrogen-bond acceptors (Lipinski definition) is 3. The molecule has 0 aliphatic rings. The van der Waals surface area contributed by atoms with Crippen molar-refractivity contribution in [3.8, 4) is 0 Å². The summed E-state index contributed by atoms with van der Waals surface area (Å²) < 4.78 is 18.4. The smallest absolute Gasteiger partial charge is 0.227 e. The Bertz CT molecular complexity index is 627. The monoisotopic (exact) mass is 340 g/mol. The first-order chi connectivity index (χ1) is 9.45. The molecule has 6 heteroatoms. The summed E-state index contributed by atoms with van der Waals surface area (Å²) in [6.07, 6.45) is 0.214. The lowest BCUT2D eigenvalue weighted by Crippen LogP contribution is -2.27. The van der Waals surface area contributed by atoms with Crippen LogP contribution in [0.3, 0.4) is 0 Å². The molecule has 0 spiro atoms. The van der Waals surface area contributed by atoms with Gasteiger partial charge in [0.05, 0.1) is 17.4 Å². The molecule has 0 fully saturated rings. The third-order valence-electron chi connectivity index (χ3n) is 2.84. The number of halogens is 2. The van der Waals surface area contributed by atoms with Crippen LogP contribution in [-0.4, -0.2) is 23.0 Å². The van der Waals surface area contributed by atoms with Crippen molar-refractivity contribution < 1.29 is 13.7 Å². The van der Waals surface area contributed by atoms with Gasteiger partial charge in [0.1, 0.15) is 17.3 Å². The minimum Gasteiger partial charge on any atom is -0.361 e. The normalized spacial score (nSPS) is 10.6. The molecular formula is C14H14BrFN2O2. The third-order valence-corrected chi connectivity index (χ3v) is 3.45. The zero-order valence-electron chi connectivity index (χ0n) is 11.2. The van der Waals surface area contributed by atoms with Crippen LogP contribution < -0.4 is 0 Å². The second-order valence-electron chi connectivity index (χ2n) is 4.60. The molecule has 0 radical (unpaired) electrons. The second-order valence-corrected chi connectivity index (χ2v) is 5.46. The van der Waals surface area contributed by atoms with Gasteiger partial charge in [-0.25, -0.2) is 4.39 Å². The van der Waals surface area contributed by atoms with Crippen molar-refractivity contribution in [2.45, 2.75) is 19.9 Å². The van der Waals surface area contributed by atoms with Crippen LogP contribution in [0.25, 0.3) is 0 Å². The molecule has 0 saturated carbocycles. The molecule has 4 nitrogen and oxygen atoms in total. The Morgan fingerprint density at radius 2 is 2.20 bits per heavy atom. The molecule has 0 bridgehead atoms. The van der Waals surface area contributed by atoms with Gasteiger partial charge in [0.15, 0.2) is 0 Å². The minimum atomic E-state index is -0.340. The molecule has 2 aromatic rings. The summed E-state index contributed by atoms with van der Waals surface area (Å²) in [5.74, 6) is 0.306. The average molecular weight is 341 g/mol. The fraction of sp³-hybridized carbons (Fsp3) is 0.286. The van der Waals surface area contributed by atoms with Crippen molar-refractivity contribution in [2.24, 2.45) is 0 Å². The van der Waals surface area contributed by atoms with Crippen molar-refractivity contribution >= 4 is 21.8 Å². The maximum absolute atomic E-state index is 13.1. The van der Waals surface area contributed by atoms with Crippen molar-refractivity contribution in [3.05, 3.63) is 51.6 Å². The van der Waals surface area contributed by atoms with E-state index in [1.807, 2.05) is 0 Å². The van der Waals surface area contributed by atoms with Crippen LogP contribution >= 0.6 is 15.9 Å². The molecule has 1 aromatic carbocycles. The Kier molecular flexibility index (Phi) is 4.54. The fourth-order valence-electron chi connectivity index (χ4n) is 1.78.